The van der Waals surface area contributed by atoms with Crippen LogP contribution in [0.4, 0.5) is 0 Å². The van der Waals surface area contributed by atoms with Gasteiger partial charge < -0.3 is 24.2 Å². The monoisotopic (exact) mass is 467 g/mol. The Labute approximate surface area is 200 Å². The molecule has 0 bridgehead atoms. The second-order valence-electron chi connectivity index (χ2n) is 8.45. The van der Waals surface area contributed by atoms with Crippen LogP contribution in [0.2, 0.25) is 0 Å². The lowest BCUT2D eigenvalue weighted by Crippen LogP contribution is -2.31. The van der Waals surface area contributed by atoms with E-state index < -0.39 is 17.7 Å². The first-order chi connectivity index (χ1) is 16.4. The van der Waals surface area contributed by atoms with Crippen LogP contribution in [0, 0.1) is 0 Å². The Balaban J connectivity index is 2.01. The zero-order valence-electron chi connectivity index (χ0n) is 20.2. The van der Waals surface area contributed by atoms with Crippen LogP contribution < -0.4 is 9.47 Å². The zero-order chi connectivity index (χ0) is 24.7. The van der Waals surface area contributed by atoms with E-state index in [1.54, 1.807) is 31.4 Å². The van der Waals surface area contributed by atoms with Gasteiger partial charge in [0, 0.05) is 25.8 Å². The van der Waals surface area contributed by atoms with Gasteiger partial charge >= 0.3 is 0 Å². The number of carbonyl (C=O) groups is 2. The number of aliphatic hydroxyl groups is 1. The first-order valence-corrected chi connectivity index (χ1v) is 11.6. The number of likely N-dealkylation sites (tertiary alicyclic amines) is 1. The van der Waals surface area contributed by atoms with E-state index >= 15 is 0 Å². The molecule has 1 unspecified atom stereocenters. The van der Waals surface area contributed by atoms with Crippen LogP contribution in [0.5, 0.6) is 11.5 Å². The summed E-state index contributed by atoms with van der Waals surface area (Å²) in [4.78, 5) is 27.5. The highest BCUT2D eigenvalue weighted by Crippen LogP contribution is 2.40. The van der Waals surface area contributed by atoms with Crippen LogP contribution in [-0.2, 0) is 14.3 Å². The van der Waals surface area contributed by atoms with Crippen molar-refractivity contribution in [2.24, 2.45) is 0 Å². The molecule has 3 rings (SSSR count). The maximum Gasteiger partial charge on any atom is 0.295 e. The fraction of sp³-hybridized carbons (Fsp3) is 0.407. The summed E-state index contributed by atoms with van der Waals surface area (Å²) in [5, 5.41) is 11.2. The summed E-state index contributed by atoms with van der Waals surface area (Å²) in [6.07, 6.45) is 1.47. The highest BCUT2D eigenvalue weighted by molar-refractivity contribution is 6.46. The summed E-state index contributed by atoms with van der Waals surface area (Å²) in [7, 11) is 1.59. The van der Waals surface area contributed by atoms with Gasteiger partial charge in [0.15, 0.2) is 0 Å². The largest absolute Gasteiger partial charge is 0.507 e. The average molecular weight is 468 g/mol. The molecule has 0 spiro atoms. The van der Waals surface area contributed by atoms with Crippen molar-refractivity contribution in [3.8, 4) is 11.5 Å². The number of ketones is 1. The molecule has 1 amide bonds. The van der Waals surface area contributed by atoms with Crippen LogP contribution in [-0.4, -0.2) is 54.7 Å². The Bertz CT molecular complexity index is 1010. The minimum absolute atomic E-state index is 0.0150. The van der Waals surface area contributed by atoms with Gasteiger partial charge in [-0.05, 0) is 68.7 Å². The standard InChI is InChI=1S/C27H33NO6/c1-5-16-33-21-11-7-19(8-12-21)24-23(26(30)27(31)28(24)15-6-17-32-4)25(29)20-9-13-22(14-10-20)34-18(2)3/h7-14,18,24,29H,5-6,15-17H2,1-4H3/b25-23-. The van der Waals surface area contributed by atoms with Gasteiger partial charge in [-0.2, -0.15) is 0 Å². The molecular weight excluding hydrogens is 434 g/mol. The number of Topliss-reactive ketones (excluding diaryl/α,β-unsaturated/α-hetero) is 1. The number of rotatable bonds is 11. The van der Waals surface area contributed by atoms with Crippen molar-refractivity contribution in [3.63, 3.8) is 0 Å². The lowest BCUT2D eigenvalue weighted by Gasteiger charge is -2.25. The maximum absolute atomic E-state index is 13.1. The molecule has 182 valence electrons. The van der Waals surface area contributed by atoms with Gasteiger partial charge in [0.25, 0.3) is 11.7 Å². The molecule has 34 heavy (non-hydrogen) atoms. The predicted octanol–water partition coefficient (Wildman–Crippen LogP) is 4.72. The summed E-state index contributed by atoms with van der Waals surface area (Å²) in [6, 6.07) is 13.4. The number of methoxy groups -OCH3 is 1. The van der Waals surface area contributed by atoms with Gasteiger partial charge in [-0.3, -0.25) is 9.59 Å². The molecule has 2 aromatic rings. The van der Waals surface area contributed by atoms with Crippen molar-refractivity contribution < 1.29 is 28.9 Å². The fourth-order valence-electron chi connectivity index (χ4n) is 3.92. The Hall–Kier alpha value is -3.32. The van der Waals surface area contributed by atoms with Gasteiger partial charge in [0.05, 0.1) is 24.3 Å². The molecule has 0 radical (unpaired) electrons. The Kier molecular flexibility index (Phi) is 8.71. The van der Waals surface area contributed by atoms with E-state index in [-0.39, 0.29) is 17.4 Å². The lowest BCUT2D eigenvalue weighted by atomic mass is 9.95. The normalized spacial score (nSPS) is 17.4. The minimum atomic E-state index is -0.705. The van der Waals surface area contributed by atoms with E-state index in [1.165, 1.54) is 4.90 Å². The molecule has 7 heteroatoms. The van der Waals surface area contributed by atoms with Crippen LogP contribution in [0.1, 0.15) is 50.8 Å². The summed E-state index contributed by atoms with van der Waals surface area (Å²) in [5.41, 5.74) is 1.24. The molecule has 7 nitrogen and oxygen atoms in total. The Morgan fingerprint density at radius 1 is 1.00 bits per heavy atom. The van der Waals surface area contributed by atoms with E-state index in [1.807, 2.05) is 45.0 Å². The number of carbonyl (C=O) groups excluding carboxylic acids is 2. The van der Waals surface area contributed by atoms with Crippen molar-refractivity contribution in [1.29, 1.82) is 0 Å². The number of aliphatic hydroxyl groups excluding tert-OH is 1. The first kappa shape index (κ1) is 25.3. The third kappa shape index (κ3) is 5.78. The molecule has 1 heterocycles. The van der Waals surface area contributed by atoms with Crippen molar-refractivity contribution in [2.45, 2.75) is 45.8 Å². The molecule has 2 aromatic carbocycles. The minimum Gasteiger partial charge on any atom is -0.507 e. The van der Waals surface area contributed by atoms with Gasteiger partial charge in [-0.25, -0.2) is 0 Å². The van der Waals surface area contributed by atoms with Gasteiger partial charge in [-0.1, -0.05) is 19.1 Å². The van der Waals surface area contributed by atoms with Crippen LogP contribution in [0.15, 0.2) is 54.1 Å². The van der Waals surface area contributed by atoms with E-state index in [2.05, 4.69) is 0 Å². The smallest absolute Gasteiger partial charge is 0.295 e. The topological polar surface area (TPSA) is 85.3 Å². The van der Waals surface area contributed by atoms with E-state index in [0.29, 0.717) is 43.2 Å². The molecule has 1 saturated heterocycles. The molecule has 1 aliphatic rings. The van der Waals surface area contributed by atoms with Crippen molar-refractivity contribution in [3.05, 3.63) is 65.2 Å². The molecule has 1 fully saturated rings. The summed E-state index contributed by atoms with van der Waals surface area (Å²) < 4.78 is 16.5. The Morgan fingerprint density at radius 3 is 2.24 bits per heavy atom. The zero-order valence-corrected chi connectivity index (χ0v) is 20.2. The molecule has 1 N–H and O–H groups in total. The molecule has 0 aliphatic carbocycles. The maximum atomic E-state index is 13.1. The molecule has 0 saturated carbocycles. The SMILES string of the molecule is CCCOc1ccc(C2/C(=C(/O)c3ccc(OC(C)C)cc3)C(=O)C(=O)N2CCCOC)cc1. The molecule has 1 atom stereocenters. The number of nitrogens with zero attached hydrogens (tertiary/aromatic N) is 1. The second kappa shape index (κ2) is 11.7. The third-order valence-electron chi connectivity index (χ3n) is 5.46. The van der Waals surface area contributed by atoms with Gasteiger partial charge in [-0.15, -0.1) is 0 Å². The molecule has 1 aliphatic heterocycles. The van der Waals surface area contributed by atoms with Crippen molar-refractivity contribution >= 4 is 17.4 Å². The van der Waals surface area contributed by atoms with Gasteiger partial charge in [0.2, 0.25) is 0 Å². The highest BCUT2D eigenvalue weighted by atomic mass is 16.5. The molecular formula is C27H33NO6. The summed E-state index contributed by atoms with van der Waals surface area (Å²) >= 11 is 0. The lowest BCUT2D eigenvalue weighted by molar-refractivity contribution is -0.140. The van der Waals surface area contributed by atoms with Crippen LogP contribution >= 0.6 is 0 Å². The number of hydrogen-bond acceptors (Lipinski definition) is 6. The second-order valence-corrected chi connectivity index (χ2v) is 8.45. The van der Waals surface area contributed by atoms with Gasteiger partial charge in [0.1, 0.15) is 17.3 Å². The van der Waals surface area contributed by atoms with E-state index in [4.69, 9.17) is 14.2 Å². The Morgan fingerprint density at radius 2 is 1.65 bits per heavy atom. The van der Waals surface area contributed by atoms with Crippen LogP contribution in [0.3, 0.4) is 0 Å². The van der Waals surface area contributed by atoms with Crippen molar-refractivity contribution in [2.75, 3.05) is 26.9 Å². The first-order valence-electron chi connectivity index (χ1n) is 11.6. The average Bonchev–Trinajstić information content (AvgIpc) is 3.08. The number of ether oxygens (including phenoxy) is 3. The van der Waals surface area contributed by atoms with E-state index in [0.717, 1.165) is 12.0 Å². The third-order valence-corrected chi connectivity index (χ3v) is 5.46. The van der Waals surface area contributed by atoms with E-state index in [9.17, 15) is 14.7 Å². The molecule has 0 aromatic heterocycles. The fourth-order valence-corrected chi connectivity index (χ4v) is 3.92. The van der Waals surface area contributed by atoms with Crippen molar-refractivity contribution in [1.82, 2.24) is 4.90 Å². The highest BCUT2D eigenvalue weighted by Gasteiger charge is 2.45. The summed E-state index contributed by atoms with van der Waals surface area (Å²) in [5.74, 6) is -0.170. The quantitative estimate of drug-likeness (QED) is 0.223. The summed E-state index contributed by atoms with van der Waals surface area (Å²) in [6.45, 7) is 7.27. The predicted molar refractivity (Wildman–Crippen MR) is 130 cm³/mol. The van der Waals surface area contributed by atoms with Crippen LogP contribution in [0.25, 0.3) is 5.76 Å². The number of amides is 1. The number of hydrogen-bond donors (Lipinski definition) is 1. The number of benzene rings is 2.